The SMILES string of the molecule is CC(C)=C1NC(=O)C(=C2C=CCC(C)O2)C1=O. The summed E-state index contributed by atoms with van der Waals surface area (Å²) >= 11 is 0. The molecule has 0 aromatic heterocycles. The Hall–Kier alpha value is -1.84. The maximum absolute atomic E-state index is 12.1. The van der Waals surface area contributed by atoms with Crippen LogP contribution < -0.4 is 5.32 Å². The Morgan fingerprint density at radius 1 is 1.41 bits per heavy atom. The van der Waals surface area contributed by atoms with Crippen LogP contribution in [0.3, 0.4) is 0 Å². The second kappa shape index (κ2) is 4.20. The number of Topliss-reactive ketones (excluding diaryl/α,β-unsaturated/α-hetero) is 1. The molecule has 0 bridgehead atoms. The Bertz CT molecular complexity index is 479. The fourth-order valence-electron chi connectivity index (χ4n) is 1.85. The van der Waals surface area contributed by atoms with Crippen LogP contribution in [0.1, 0.15) is 27.2 Å². The highest BCUT2D eigenvalue weighted by Gasteiger charge is 2.35. The van der Waals surface area contributed by atoms with Crippen LogP contribution in [0.2, 0.25) is 0 Å². The van der Waals surface area contributed by atoms with E-state index in [2.05, 4.69) is 5.32 Å². The van der Waals surface area contributed by atoms with E-state index in [1.807, 2.05) is 13.0 Å². The summed E-state index contributed by atoms with van der Waals surface area (Å²) in [6.07, 6.45) is 4.40. The number of ketones is 1. The summed E-state index contributed by atoms with van der Waals surface area (Å²) in [7, 11) is 0. The molecule has 2 aliphatic rings. The van der Waals surface area contributed by atoms with Crippen molar-refractivity contribution in [1.29, 1.82) is 0 Å². The number of amides is 1. The predicted octanol–water partition coefficient (Wildman–Crippen LogP) is 1.60. The van der Waals surface area contributed by atoms with Gasteiger partial charge in [-0.05, 0) is 32.4 Å². The zero-order valence-electron chi connectivity index (χ0n) is 10.2. The first-order valence-corrected chi connectivity index (χ1v) is 5.61. The van der Waals surface area contributed by atoms with E-state index >= 15 is 0 Å². The van der Waals surface area contributed by atoms with E-state index < -0.39 is 0 Å². The fourth-order valence-corrected chi connectivity index (χ4v) is 1.85. The van der Waals surface area contributed by atoms with Gasteiger partial charge in [-0.3, -0.25) is 9.59 Å². The Balaban J connectivity index is 2.47. The van der Waals surface area contributed by atoms with E-state index in [4.69, 9.17) is 4.74 Å². The molecule has 90 valence electrons. The number of carbonyl (C=O) groups is 2. The third-order valence-corrected chi connectivity index (χ3v) is 2.73. The number of hydrogen-bond donors (Lipinski definition) is 1. The van der Waals surface area contributed by atoms with Crippen LogP contribution in [-0.2, 0) is 14.3 Å². The molecule has 0 saturated carbocycles. The van der Waals surface area contributed by atoms with E-state index in [0.29, 0.717) is 11.5 Å². The monoisotopic (exact) mass is 233 g/mol. The summed E-state index contributed by atoms with van der Waals surface area (Å²) in [5, 5.41) is 2.58. The Morgan fingerprint density at radius 3 is 2.65 bits per heavy atom. The molecule has 0 aromatic rings. The Morgan fingerprint density at radius 2 is 2.12 bits per heavy atom. The lowest BCUT2D eigenvalue weighted by Crippen LogP contribution is -2.17. The summed E-state index contributed by atoms with van der Waals surface area (Å²) in [4.78, 5) is 23.8. The summed E-state index contributed by atoms with van der Waals surface area (Å²) in [6, 6.07) is 0. The Labute approximate surface area is 100 Å². The molecule has 1 fully saturated rings. The molecule has 0 radical (unpaired) electrons. The maximum Gasteiger partial charge on any atom is 0.263 e. The van der Waals surface area contributed by atoms with Gasteiger partial charge in [-0.15, -0.1) is 0 Å². The average molecular weight is 233 g/mol. The first-order valence-electron chi connectivity index (χ1n) is 5.61. The van der Waals surface area contributed by atoms with Crippen molar-refractivity contribution in [3.8, 4) is 0 Å². The lowest BCUT2D eigenvalue weighted by Gasteiger charge is -2.18. The number of ether oxygens (including phenoxy) is 1. The smallest absolute Gasteiger partial charge is 0.263 e. The first-order chi connectivity index (χ1) is 8.00. The van der Waals surface area contributed by atoms with Gasteiger partial charge in [0, 0.05) is 6.42 Å². The molecular formula is C13H15NO3. The maximum atomic E-state index is 12.1. The van der Waals surface area contributed by atoms with Crippen molar-refractivity contribution in [3.63, 3.8) is 0 Å². The molecule has 1 saturated heterocycles. The number of hydrogen-bond acceptors (Lipinski definition) is 3. The van der Waals surface area contributed by atoms with E-state index in [-0.39, 0.29) is 23.4 Å². The van der Waals surface area contributed by atoms with Crippen LogP contribution in [0.25, 0.3) is 0 Å². The fraction of sp³-hybridized carbons (Fsp3) is 0.385. The van der Waals surface area contributed by atoms with Crippen molar-refractivity contribution < 1.29 is 14.3 Å². The van der Waals surface area contributed by atoms with Gasteiger partial charge in [-0.1, -0.05) is 6.08 Å². The van der Waals surface area contributed by atoms with Gasteiger partial charge in [-0.25, -0.2) is 0 Å². The van der Waals surface area contributed by atoms with Crippen molar-refractivity contribution in [1.82, 2.24) is 5.32 Å². The van der Waals surface area contributed by atoms with E-state index in [9.17, 15) is 9.59 Å². The molecule has 0 aliphatic carbocycles. The topological polar surface area (TPSA) is 55.4 Å². The first kappa shape index (κ1) is 11.6. The van der Waals surface area contributed by atoms with Crippen LogP contribution in [0.15, 0.2) is 34.8 Å². The van der Waals surface area contributed by atoms with Crippen molar-refractivity contribution in [2.45, 2.75) is 33.3 Å². The lowest BCUT2D eigenvalue weighted by molar-refractivity contribution is -0.117. The highest BCUT2D eigenvalue weighted by Crippen LogP contribution is 2.25. The molecule has 2 heterocycles. The molecule has 1 atom stereocenters. The summed E-state index contributed by atoms with van der Waals surface area (Å²) in [5.74, 6) is -0.272. The Kier molecular flexibility index (Phi) is 2.88. The van der Waals surface area contributed by atoms with Crippen LogP contribution in [0.5, 0.6) is 0 Å². The highest BCUT2D eigenvalue weighted by atomic mass is 16.5. The highest BCUT2D eigenvalue weighted by molar-refractivity contribution is 6.32. The largest absolute Gasteiger partial charge is 0.489 e. The molecule has 17 heavy (non-hydrogen) atoms. The number of rotatable bonds is 0. The van der Waals surface area contributed by atoms with Crippen molar-refractivity contribution in [2.75, 3.05) is 0 Å². The van der Waals surface area contributed by atoms with Crippen LogP contribution in [0, 0.1) is 0 Å². The number of carbonyl (C=O) groups excluding carboxylic acids is 2. The van der Waals surface area contributed by atoms with Gasteiger partial charge in [0.15, 0.2) is 0 Å². The minimum absolute atomic E-state index is 0.00106. The van der Waals surface area contributed by atoms with Crippen LogP contribution in [0.4, 0.5) is 0 Å². The normalized spacial score (nSPS) is 28.2. The third kappa shape index (κ3) is 2.02. The number of nitrogens with one attached hydrogen (secondary N) is 1. The minimum atomic E-state index is -0.375. The third-order valence-electron chi connectivity index (χ3n) is 2.73. The second-order valence-electron chi connectivity index (χ2n) is 4.46. The lowest BCUT2D eigenvalue weighted by atomic mass is 10.1. The van der Waals surface area contributed by atoms with Gasteiger partial charge in [0.05, 0.1) is 11.8 Å². The predicted molar refractivity (Wildman–Crippen MR) is 62.9 cm³/mol. The molecule has 0 spiro atoms. The molecule has 0 aromatic carbocycles. The van der Waals surface area contributed by atoms with Gasteiger partial charge < -0.3 is 10.1 Å². The van der Waals surface area contributed by atoms with E-state index in [0.717, 1.165) is 12.0 Å². The molecule has 1 amide bonds. The van der Waals surface area contributed by atoms with Gasteiger partial charge in [0.2, 0.25) is 5.78 Å². The van der Waals surface area contributed by atoms with Crippen LogP contribution >= 0.6 is 0 Å². The van der Waals surface area contributed by atoms with Gasteiger partial charge >= 0.3 is 0 Å². The van der Waals surface area contributed by atoms with E-state index in [1.54, 1.807) is 19.9 Å². The minimum Gasteiger partial charge on any atom is -0.489 e. The van der Waals surface area contributed by atoms with Gasteiger partial charge in [-0.2, -0.15) is 0 Å². The summed E-state index contributed by atoms with van der Waals surface area (Å²) in [6.45, 7) is 5.49. The number of allylic oxidation sites excluding steroid dienone is 3. The van der Waals surface area contributed by atoms with E-state index in [1.165, 1.54) is 0 Å². The van der Waals surface area contributed by atoms with Gasteiger partial charge in [0.1, 0.15) is 11.3 Å². The molecular weight excluding hydrogens is 218 g/mol. The van der Waals surface area contributed by atoms with Crippen molar-refractivity contribution in [2.24, 2.45) is 0 Å². The molecule has 4 heteroatoms. The molecule has 1 N–H and O–H groups in total. The molecule has 4 nitrogen and oxygen atoms in total. The van der Waals surface area contributed by atoms with Gasteiger partial charge in [0.25, 0.3) is 5.91 Å². The second-order valence-corrected chi connectivity index (χ2v) is 4.46. The standard InChI is InChI=1S/C13H15NO3/c1-7(2)11-12(15)10(13(16)14-11)9-6-4-5-8(3)17-9/h4,6,8H,5H2,1-3H3,(H,14,16). The summed E-state index contributed by atoms with van der Waals surface area (Å²) in [5.41, 5.74) is 1.28. The van der Waals surface area contributed by atoms with Crippen LogP contribution in [-0.4, -0.2) is 17.8 Å². The van der Waals surface area contributed by atoms with Crippen molar-refractivity contribution >= 4 is 11.7 Å². The molecule has 1 unspecified atom stereocenters. The zero-order chi connectivity index (χ0) is 12.6. The molecule has 2 rings (SSSR count). The molecule has 2 aliphatic heterocycles. The average Bonchev–Trinajstić information content (AvgIpc) is 2.54. The van der Waals surface area contributed by atoms with Crippen molar-refractivity contribution in [3.05, 3.63) is 34.8 Å². The summed E-state index contributed by atoms with van der Waals surface area (Å²) < 4.78 is 5.53. The quantitative estimate of drug-likeness (QED) is 0.510. The zero-order valence-corrected chi connectivity index (χ0v) is 10.2.